The Labute approximate surface area is 106 Å². The van der Waals surface area contributed by atoms with E-state index in [0.29, 0.717) is 6.61 Å². The van der Waals surface area contributed by atoms with Crippen molar-refractivity contribution in [1.82, 2.24) is 0 Å². The Balaban J connectivity index is 2.02. The van der Waals surface area contributed by atoms with Gasteiger partial charge in [-0.25, -0.2) is 0 Å². The van der Waals surface area contributed by atoms with E-state index in [1.54, 1.807) is 0 Å². The molecule has 0 aliphatic rings. The molecule has 2 aromatic carbocycles. The molecule has 88 valence electrons. The highest BCUT2D eigenvalue weighted by Gasteiger charge is 1.99. The number of aryl methyl sites for hydroxylation is 1. The topological polar surface area (TPSA) is 35.2 Å². The SMILES string of the molecule is Cc1ccc(OCc2ccc(Cl)cc2)cc1N. The molecule has 0 fully saturated rings. The van der Waals surface area contributed by atoms with Gasteiger partial charge in [-0.1, -0.05) is 29.8 Å². The first-order chi connectivity index (χ1) is 8.15. The second kappa shape index (κ2) is 5.11. The highest BCUT2D eigenvalue weighted by molar-refractivity contribution is 6.30. The molecule has 2 aromatic rings. The number of nitrogen functional groups attached to an aromatic ring is 1. The predicted octanol–water partition coefficient (Wildman–Crippen LogP) is 3.81. The molecule has 0 bridgehead atoms. The van der Waals surface area contributed by atoms with Crippen LogP contribution in [-0.4, -0.2) is 0 Å². The maximum atomic E-state index is 5.81. The minimum absolute atomic E-state index is 0.514. The quantitative estimate of drug-likeness (QED) is 0.837. The summed E-state index contributed by atoms with van der Waals surface area (Å²) in [5, 5.41) is 0.730. The molecule has 2 rings (SSSR count). The van der Waals surface area contributed by atoms with Gasteiger partial charge in [0.1, 0.15) is 12.4 Å². The van der Waals surface area contributed by atoms with Gasteiger partial charge in [-0.3, -0.25) is 0 Å². The van der Waals surface area contributed by atoms with Crippen LogP contribution in [0.4, 0.5) is 5.69 Å². The fraction of sp³-hybridized carbons (Fsp3) is 0.143. The lowest BCUT2D eigenvalue weighted by Crippen LogP contribution is -1.97. The Morgan fingerprint density at radius 2 is 1.82 bits per heavy atom. The summed E-state index contributed by atoms with van der Waals surface area (Å²) in [6.07, 6.45) is 0. The summed E-state index contributed by atoms with van der Waals surface area (Å²) in [4.78, 5) is 0. The molecule has 0 aliphatic carbocycles. The molecular weight excluding hydrogens is 234 g/mol. The van der Waals surface area contributed by atoms with E-state index in [1.165, 1.54) is 0 Å². The fourth-order valence-electron chi connectivity index (χ4n) is 1.46. The van der Waals surface area contributed by atoms with Crippen LogP contribution in [-0.2, 0) is 6.61 Å². The van der Waals surface area contributed by atoms with Crippen molar-refractivity contribution in [2.45, 2.75) is 13.5 Å². The van der Waals surface area contributed by atoms with E-state index in [9.17, 15) is 0 Å². The van der Waals surface area contributed by atoms with Gasteiger partial charge in [-0.05, 0) is 36.2 Å². The molecule has 17 heavy (non-hydrogen) atoms. The van der Waals surface area contributed by atoms with Crippen molar-refractivity contribution in [3.8, 4) is 5.75 Å². The number of anilines is 1. The van der Waals surface area contributed by atoms with Gasteiger partial charge in [0, 0.05) is 16.8 Å². The van der Waals surface area contributed by atoms with Crippen LogP contribution in [0.25, 0.3) is 0 Å². The number of ether oxygens (including phenoxy) is 1. The lowest BCUT2D eigenvalue weighted by molar-refractivity contribution is 0.306. The fourth-order valence-corrected chi connectivity index (χ4v) is 1.58. The summed E-state index contributed by atoms with van der Waals surface area (Å²) < 4.78 is 5.64. The van der Waals surface area contributed by atoms with E-state index in [1.807, 2.05) is 49.4 Å². The van der Waals surface area contributed by atoms with Crippen molar-refractivity contribution in [3.63, 3.8) is 0 Å². The Morgan fingerprint density at radius 1 is 1.12 bits per heavy atom. The molecule has 0 aromatic heterocycles. The molecule has 0 amide bonds. The number of nitrogens with two attached hydrogens (primary N) is 1. The Hall–Kier alpha value is -1.67. The van der Waals surface area contributed by atoms with E-state index in [4.69, 9.17) is 22.1 Å². The van der Waals surface area contributed by atoms with Gasteiger partial charge in [-0.2, -0.15) is 0 Å². The molecule has 2 N–H and O–H groups in total. The number of hydrogen-bond donors (Lipinski definition) is 1. The van der Waals surface area contributed by atoms with Crippen LogP contribution in [0.5, 0.6) is 5.75 Å². The predicted molar refractivity (Wildman–Crippen MR) is 71.4 cm³/mol. The number of hydrogen-bond acceptors (Lipinski definition) is 2. The molecule has 0 saturated carbocycles. The second-order valence-corrected chi connectivity index (χ2v) is 4.37. The lowest BCUT2D eigenvalue weighted by Gasteiger charge is -2.08. The molecule has 0 unspecified atom stereocenters. The average Bonchev–Trinajstić information content (AvgIpc) is 2.33. The zero-order chi connectivity index (χ0) is 12.3. The molecule has 2 nitrogen and oxygen atoms in total. The largest absolute Gasteiger partial charge is 0.489 e. The maximum absolute atomic E-state index is 5.81. The summed E-state index contributed by atoms with van der Waals surface area (Å²) in [5.41, 5.74) is 8.70. The number of benzene rings is 2. The molecule has 0 atom stereocenters. The third kappa shape index (κ3) is 3.14. The van der Waals surface area contributed by atoms with Crippen molar-refractivity contribution in [1.29, 1.82) is 0 Å². The minimum Gasteiger partial charge on any atom is -0.489 e. The van der Waals surface area contributed by atoms with Crippen LogP contribution in [0.3, 0.4) is 0 Å². The van der Waals surface area contributed by atoms with Gasteiger partial charge in [0.2, 0.25) is 0 Å². The first kappa shape index (κ1) is 11.8. The van der Waals surface area contributed by atoms with Crippen molar-refractivity contribution < 1.29 is 4.74 Å². The van der Waals surface area contributed by atoms with E-state index in [0.717, 1.165) is 27.6 Å². The highest BCUT2D eigenvalue weighted by atomic mass is 35.5. The molecule has 0 radical (unpaired) electrons. The molecule has 3 heteroatoms. The van der Waals surface area contributed by atoms with Gasteiger partial charge in [0.15, 0.2) is 0 Å². The molecule has 0 heterocycles. The van der Waals surface area contributed by atoms with Crippen LogP contribution in [0.1, 0.15) is 11.1 Å². The van der Waals surface area contributed by atoms with Crippen LogP contribution in [0, 0.1) is 6.92 Å². The summed E-state index contributed by atoms with van der Waals surface area (Å²) in [6.45, 7) is 2.48. The van der Waals surface area contributed by atoms with Gasteiger partial charge in [0.05, 0.1) is 0 Å². The Morgan fingerprint density at radius 3 is 2.47 bits per heavy atom. The van der Waals surface area contributed by atoms with Gasteiger partial charge >= 0.3 is 0 Å². The van der Waals surface area contributed by atoms with E-state index >= 15 is 0 Å². The minimum atomic E-state index is 0.514. The molecule has 0 spiro atoms. The monoisotopic (exact) mass is 247 g/mol. The third-order valence-electron chi connectivity index (χ3n) is 2.57. The third-order valence-corrected chi connectivity index (χ3v) is 2.82. The van der Waals surface area contributed by atoms with Crippen molar-refractivity contribution in [2.75, 3.05) is 5.73 Å². The van der Waals surface area contributed by atoms with Crippen molar-refractivity contribution >= 4 is 17.3 Å². The first-order valence-electron chi connectivity index (χ1n) is 5.38. The smallest absolute Gasteiger partial charge is 0.121 e. The van der Waals surface area contributed by atoms with Gasteiger partial charge in [0.25, 0.3) is 0 Å². The van der Waals surface area contributed by atoms with E-state index in [2.05, 4.69) is 0 Å². The van der Waals surface area contributed by atoms with Crippen LogP contribution in [0.2, 0.25) is 5.02 Å². The second-order valence-electron chi connectivity index (χ2n) is 3.93. The van der Waals surface area contributed by atoms with E-state index < -0.39 is 0 Å². The van der Waals surface area contributed by atoms with Crippen LogP contribution < -0.4 is 10.5 Å². The Kier molecular flexibility index (Phi) is 3.55. The summed E-state index contributed by atoms with van der Waals surface area (Å²) >= 11 is 5.81. The molecular formula is C14H14ClNO. The Bertz CT molecular complexity index is 508. The summed E-state index contributed by atoms with van der Waals surface area (Å²) in [5.74, 6) is 0.781. The van der Waals surface area contributed by atoms with Crippen LogP contribution >= 0.6 is 11.6 Å². The lowest BCUT2D eigenvalue weighted by atomic mass is 10.2. The normalized spacial score (nSPS) is 10.2. The van der Waals surface area contributed by atoms with Crippen LogP contribution in [0.15, 0.2) is 42.5 Å². The summed E-state index contributed by atoms with van der Waals surface area (Å²) in [7, 11) is 0. The number of rotatable bonds is 3. The first-order valence-corrected chi connectivity index (χ1v) is 5.76. The van der Waals surface area contributed by atoms with Crippen molar-refractivity contribution in [3.05, 3.63) is 58.6 Å². The average molecular weight is 248 g/mol. The molecule has 0 saturated heterocycles. The van der Waals surface area contributed by atoms with Gasteiger partial charge < -0.3 is 10.5 Å². The van der Waals surface area contributed by atoms with Gasteiger partial charge in [-0.15, -0.1) is 0 Å². The van der Waals surface area contributed by atoms with Crippen molar-refractivity contribution in [2.24, 2.45) is 0 Å². The maximum Gasteiger partial charge on any atom is 0.121 e. The molecule has 0 aliphatic heterocycles. The number of halogens is 1. The standard InChI is InChI=1S/C14H14ClNO/c1-10-2-7-13(8-14(10)16)17-9-11-3-5-12(15)6-4-11/h2-8H,9,16H2,1H3. The summed E-state index contributed by atoms with van der Waals surface area (Å²) in [6, 6.07) is 13.3. The highest BCUT2D eigenvalue weighted by Crippen LogP contribution is 2.20. The zero-order valence-corrected chi connectivity index (χ0v) is 10.4. The van der Waals surface area contributed by atoms with E-state index in [-0.39, 0.29) is 0 Å². The zero-order valence-electron chi connectivity index (χ0n) is 9.61.